The van der Waals surface area contributed by atoms with Gasteiger partial charge in [0, 0.05) is 12.6 Å². The van der Waals surface area contributed by atoms with Crippen LogP contribution >= 0.6 is 11.6 Å². The molecule has 0 fully saturated rings. The minimum atomic E-state index is -0.931. The smallest absolute Gasteiger partial charge is 0.306 e. The van der Waals surface area contributed by atoms with Gasteiger partial charge in [0.05, 0.1) is 12.8 Å². The molecule has 0 saturated carbocycles. The summed E-state index contributed by atoms with van der Waals surface area (Å²) in [5.41, 5.74) is 1.35. The Kier molecular flexibility index (Phi) is 6.77. The van der Waals surface area contributed by atoms with Crippen LogP contribution in [-0.2, 0) is 20.7 Å². The second kappa shape index (κ2) is 9.03. The topological polar surface area (TPSA) is 77.5 Å². The van der Waals surface area contributed by atoms with E-state index in [1.54, 1.807) is 19.2 Å². The van der Waals surface area contributed by atoms with Crippen LogP contribution in [0.3, 0.4) is 0 Å². The van der Waals surface area contributed by atoms with Gasteiger partial charge in [-0.3, -0.25) is 9.59 Å². The van der Waals surface area contributed by atoms with E-state index >= 15 is 0 Å². The summed E-state index contributed by atoms with van der Waals surface area (Å²) in [6.07, 6.45) is 1.28. The summed E-state index contributed by atoms with van der Waals surface area (Å²) in [6, 6.07) is 10.7. The first-order valence-corrected chi connectivity index (χ1v) is 8.11. The monoisotopic (exact) mass is 362 g/mol. The number of esters is 1. The Morgan fingerprint density at radius 2 is 1.96 bits per heavy atom. The number of anilines is 1. The maximum Gasteiger partial charge on any atom is 0.306 e. The summed E-state index contributed by atoms with van der Waals surface area (Å²) in [7, 11) is 1.59. The van der Waals surface area contributed by atoms with Gasteiger partial charge in [-0.25, -0.2) is 4.98 Å². The molecule has 0 aliphatic rings. The lowest BCUT2D eigenvalue weighted by Crippen LogP contribution is -2.30. The fourth-order valence-corrected chi connectivity index (χ4v) is 2.23. The van der Waals surface area contributed by atoms with Gasteiger partial charge in [0.2, 0.25) is 0 Å². The molecule has 0 radical (unpaired) electrons. The van der Waals surface area contributed by atoms with E-state index in [4.69, 9.17) is 21.1 Å². The number of benzene rings is 1. The largest absolute Gasteiger partial charge is 0.497 e. The number of nitrogens with one attached hydrogen (secondary N) is 1. The SMILES string of the molecule is COc1ccc(CCC(=O)O[C@@H](C)C(=O)Nc2cccnc2Cl)cc1. The Bertz CT molecular complexity index is 734. The van der Waals surface area contributed by atoms with Crippen LogP contribution in [0, 0.1) is 0 Å². The van der Waals surface area contributed by atoms with Crippen molar-refractivity contribution in [2.24, 2.45) is 0 Å². The molecule has 0 saturated heterocycles. The van der Waals surface area contributed by atoms with Gasteiger partial charge in [0.25, 0.3) is 5.91 Å². The van der Waals surface area contributed by atoms with Gasteiger partial charge in [-0.2, -0.15) is 0 Å². The van der Waals surface area contributed by atoms with Crippen molar-refractivity contribution in [1.82, 2.24) is 4.98 Å². The highest BCUT2D eigenvalue weighted by Crippen LogP contribution is 2.18. The summed E-state index contributed by atoms with van der Waals surface area (Å²) in [5.74, 6) is -0.158. The zero-order valence-corrected chi connectivity index (χ0v) is 14.7. The van der Waals surface area contributed by atoms with Crippen molar-refractivity contribution >= 4 is 29.2 Å². The predicted molar refractivity (Wildman–Crippen MR) is 94.7 cm³/mol. The van der Waals surface area contributed by atoms with Crippen LogP contribution in [0.1, 0.15) is 18.9 Å². The molecule has 1 aromatic heterocycles. The number of carbonyl (C=O) groups excluding carboxylic acids is 2. The number of aromatic nitrogens is 1. The maximum absolute atomic E-state index is 12.1. The lowest BCUT2D eigenvalue weighted by atomic mass is 10.1. The number of carbonyl (C=O) groups is 2. The van der Waals surface area contributed by atoms with Gasteiger partial charge in [-0.15, -0.1) is 0 Å². The maximum atomic E-state index is 12.1. The highest BCUT2D eigenvalue weighted by atomic mass is 35.5. The van der Waals surface area contributed by atoms with E-state index in [1.807, 2.05) is 24.3 Å². The van der Waals surface area contributed by atoms with Crippen molar-refractivity contribution < 1.29 is 19.1 Å². The summed E-state index contributed by atoms with van der Waals surface area (Å²) in [6.45, 7) is 1.50. The molecule has 2 aromatic rings. The Morgan fingerprint density at radius 1 is 1.24 bits per heavy atom. The molecule has 6 nitrogen and oxygen atoms in total. The number of ether oxygens (including phenoxy) is 2. The minimum Gasteiger partial charge on any atom is -0.497 e. The molecule has 0 aliphatic heterocycles. The van der Waals surface area contributed by atoms with Crippen LogP contribution in [-0.4, -0.2) is 30.1 Å². The Morgan fingerprint density at radius 3 is 2.60 bits per heavy atom. The number of halogens is 1. The van der Waals surface area contributed by atoms with E-state index in [9.17, 15) is 9.59 Å². The average molecular weight is 363 g/mol. The molecule has 1 N–H and O–H groups in total. The normalized spacial score (nSPS) is 11.5. The minimum absolute atomic E-state index is 0.175. The lowest BCUT2D eigenvalue weighted by molar-refractivity contribution is -0.153. The quantitative estimate of drug-likeness (QED) is 0.604. The van der Waals surface area contributed by atoms with Crippen LogP contribution in [0.4, 0.5) is 5.69 Å². The van der Waals surface area contributed by atoms with E-state index in [-0.39, 0.29) is 11.6 Å². The number of nitrogens with zero attached hydrogens (tertiary/aromatic N) is 1. The summed E-state index contributed by atoms with van der Waals surface area (Å²) < 4.78 is 10.2. The van der Waals surface area contributed by atoms with Gasteiger partial charge < -0.3 is 14.8 Å². The lowest BCUT2D eigenvalue weighted by Gasteiger charge is -2.14. The molecule has 1 aromatic carbocycles. The molecule has 1 amide bonds. The van der Waals surface area contributed by atoms with E-state index in [2.05, 4.69) is 10.3 Å². The van der Waals surface area contributed by atoms with Crippen molar-refractivity contribution in [2.45, 2.75) is 25.9 Å². The van der Waals surface area contributed by atoms with E-state index < -0.39 is 18.0 Å². The summed E-state index contributed by atoms with van der Waals surface area (Å²) in [5, 5.41) is 2.75. The fourth-order valence-electron chi connectivity index (χ4n) is 2.06. The van der Waals surface area contributed by atoms with E-state index in [1.165, 1.54) is 13.1 Å². The molecule has 0 aliphatic carbocycles. The van der Waals surface area contributed by atoms with Crippen molar-refractivity contribution in [2.75, 3.05) is 12.4 Å². The number of rotatable bonds is 7. The Balaban J connectivity index is 1.80. The second-order valence-electron chi connectivity index (χ2n) is 5.31. The molecule has 7 heteroatoms. The highest BCUT2D eigenvalue weighted by molar-refractivity contribution is 6.32. The molecule has 1 heterocycles. The number of pyridine rings is 1. The van der Waals surface area contributed by atoms with Crippen LogP contribution in [0.2, 0.25) is 5.15 Å². The Labute approximate surface area is 151 Å². The molecule has 1 atom stereocenters. The number of aryl methyl sites for hydroxylation is 1. The summed E-state index contributed by atoms with van der Waals surface area (Å²) >= 11 is 5.88. The van der Waals surface area contributed by atoms with E-state index in [0.717, 1.165) is 11.3 Å². The zero-order valence-electron chi connectivity index (χ0n) is 14.0. The highest BCUT2D eigenvalue weighted by Gasteiger charge is 2.18. The number of amides is 1. The van der Waals surface area contributed by atoms with Gasteiger partial charge in [-0.05, 0) is 43.2 Å². The van der Waals surface area contributed by atoms with Crippen molar-refractivity contribution in [1.29, 1.82) is 0 Å². The van der Waals surface area contributed by atoms with Gasteiger partial charge >= 0.3 is 5.97 Å². The average Bonchev–Trinajstić information content (AvgIpc) is 2.62. The van der Waals surface area contributed by atoms with Crippen LogP contribution in [0.25, 0.3) is 0 Å². The van der Waals surface area contributed by atoms with Crippen molar-refractivity contribution in [3.63, 3.8) is 0 Å². The number of hydrogen-bond donors (Lipinski definition) is 1. The molecule has 0 unspecified atom stereocenters. The molecular formula is C18H19ClN2O4. The first-order chi connectivity index (χ1) is 12.0. The zero-order chi connectivity index (χ0) is 18.2. The molecule has 0 bridgehead atoms. The summed E-state index contributed by atoms with van der Waals surface area (Å²) in [4.78, 5) is 27.8. The fraction of sp³-hybridized carbons (Fsp3) is 0.278. The van der Waals surface area contributed by atoms with E-state index in [0.29, 0.717) is 12.1 Å². The Hall–Kier alpha value is -2.60. The third-order valence-corrected chi connectivity index (χ3v) is 3.77. The predicted octanol–water partition coefficient (Wildman–Crippen LogP) is 3.25. The molecule has 25 heavy (non-hydrogen) atoms. The van der Waals surface area contributed by atoms with Crippen molar-refractivity contribution in [3.05, 3.63) is 53.3 Å². The van der Waals surface area contributed by atoms with Crippen molar-refractivity contribution in [3.8, 4) is 5.75 Å². The van der Waals surface area contributed by atoms with Gasteiger partial charge in [-0.1, -0.05) is 23.7 Å². The van der Waals surface area contributed by atoms with Gasteiger partial charge in [0.15, 0.2) is 11.3 Å². The molecule has 132 valence electrons. The third-order valence-electron chi connectivity index (χ3n) is 3.47. The first kappa shape index (κ1) is 18.7. The first-order valence-electron chi connectivity index (χ1n) is 7.73. The van der Waals surface area contributed by atoms with Crippen LogP contribution in [0.15, 0.2) is 42.6 Å². The standard InChI is InChI=1S/C18H19ClN2O4/c1-12(18(23)21-15-4-3-11-20-17(15)19)25-16(22)10-7-13-5-8-14(24-2)9-6-13/h3-6,8-9,11-12H,7,10H2,1-2H3,(H,21,23)/t12-/m0/s1. The number of methoxy groups -OCH3 is 1. The molecular weight excluding hydrogens is 344 g/mol. The van der Waals surface area contributed by atoms with Crippen LogP contribution < -0.4 is 10.1 Å². The van der Waals surface area contributed by atoms with Gasteiger partial charge in [0.1, 0.15) is 5.75 Å². The molecule has 0 spiro atoms. The van der Waals surface area contributed by atoms with Crippen LogP contribution in [0.5, 0.6) is 5.75 Å². The number of hydrogen-bond acceptors (Lipinski definition) is 5. The second-order valence-corrected chi connectivity index (χ2v) is 5.67. The third kappa shape index (κ3) is 5.76. The molecule has 2 rings (SSSR count).